The highest BCUT2D eigenvalue weighted by molar-refractivity contribution is 5.63. The van der Waals surface area contributed by atoms with Crippen molar-refractivity contribution in [3.05, 3.63) is 65.9 Å². The number of alkyl halides is 3. The molecule has 0 bridgehead atoms. The number of rotatable bonds is 5. The first-order valence-corrected chi connectivity index (χ1v) is 8.55. The van der Waals surface area contributed by atoms with Crippen LogP contribution in [0.15, 0.2) is 54.6 Å². The van der Waals surface area contributed by atoms with Crippen molar-refractivity contribution in [1.82, 2.24) is 9.97 Å². The minimum atomic E-state index is -4.41. The van der Waals surface area contributed by atoms with Gasteiger partial charge in [-0.05, 0) is 49.4 Å². The van der Waals surface area contributed by atoms with Crippen molar-refractivity contribution in [2.24, 2.45) is 0 Å². The second-order valence-corrected chi connectivity index (χ2v) is 6.49. The van der Waals surface area contributed by atoms with Gasteiger partial charge in [-0.25, -0.2) is 4.98 Å². The second kappa shape index (κ2) is 7.75. The number of nitrogens with one attached hydrogen (secondary N) is 2. The van der Waals surface area contributed by atoms with Crippen molar-refractivity contribution >= 4 is 28.8 Å². The molecule has 3 aromatic rings. The molecule has 1 heterocycles. The normalized spacial score (nSPS) is 11.2. The van der Waals surface area contributed by atoms with Gasteiger partial charge in [0.2, 0.25) is 5.95 Å². The molecule has 2 aromatic carbocycles. The maximum atomic E-state index is 12.9. The lowest BCUT2D eigenvalue weighted by Crippen LogP contribution is -2.08. The van der Waals surface area contributed by atoms with Crippen molar-refractivity contribution in [2.45, 2.75) is 13.1 Å². The maximum Gasteiger partial charge on any atom is 0.416 e. The zero-order valence-corrected chi connectivity index (χ0v) is 15.7. The predicted octanol–water partition coefficient (Wildman–Crippen LogP) is 5.36. The number of aryl methyl sites for hydroxylation is 1. The molecule has 0 amide bonds. The number of halogens is 3. The molecule has 146 valence electrons. The van der Waals surface area contributed by atoms with Gasteiger partial charge >= 0.3 is 6.18 Å². The number of anilines is 5. The van der Waals surface area contributed by atoms with Gasteiger partial charge in [0, 0.05) is 42.9 Å². The van der Waals surface area contributed by atoms with Gasteiger partial charge in [0.1, 0.15) is 5.82 Å². The van der Waals surface area contributed by atoms with Gasteiger partial charge in [0.25, 0.3) is 0 Å². The molecule has 0 saturated heterocycles. The van der Waals surface area contributed by atoms with Crippen molar-refractivity contribution in [1.29, 1.82) is 0 Å². The van der Waals surface area contributed by atoms with E-state index in [1.165, 1.54) is 12.1 Å². The molecule has 0 fully saturated rings. The molecule has 0 radical (unpaired) electrons. The first-order chi connectivity index (χ1) is 13.2. The van der Waals surface area contributed by atoms with E-state index in [4.69, 9.17) is 0 Å². The first-order valence-electron chi connectivity index (χ1n) is 8.55. The smallest absolute Gasteiger partial charge is 0.378 e. The van der Waals surface area contributed by atoms with E-state index >= 15 is 0 Å². The average molecular weight is 387 g/mol. The molecule has 0 saturated carbocycles. The van der Waals surface area contributed by atoms with Crippen LogP contribution < -0.4 is 15.5 Å². The Morgan fingerprint density at radius 1 is 0.857 bits per heavy atom. The Balaban J connectivity index is 1.80. The molecule has 0 spiro atoms. The highest BCUT2D eigenvalue weighted by Crippen LogP contribution is 2.31. The highest BCUT2D eigenvalue weighted by atomic mass is 19.4. The zero-order chi connectivity index (χ0) is 20.3. The summed E-state index contributed by atoms with van der Waals surface area (Å²) in [6.45, 7) is 1.79. The van der Waals surface area contributed by atoms with Crippen LogP contribution in [0.4, 0.5) is 42.0 Å². The van der Waals surface area contributed by atoms with Gasteiger partial charge in [-0.3, -0.25) is 0 Å². The summed E-state index contributed by atoms with van der Waals surface area (Å²) in [6, 6.07) is 14.5. The Kier molecular flexibility index (Phi) is 5.39. The van der Waals surface area contributed by atoms with E-state index in [9.17, 15) is 13.2 Å². The average Bonchev–Trinajstić information content (AvgIpc) is 2.61. The van der Waals surface area contributed by atoms with E-state index < -0.39 is 11.7 Å². The number of benzene rings is 2. The SMILES string of the molecule is Cc1cc(Nc2ccc(N(C)C)cc2)nc(Nc2cccc(C(F)(F)F)c2)n1. The summed E-state index contributed by atoms with van der Waals surface area (Å²) in [5.74, 6) is 0.756. The molecule has 0 atom stereocenters. The molecule has 2 N–H and O–H groups in total. The van der Waals surface area contributed by atoms with Crippen molar-refractivity contribution in [3.8, 4) is 0 Å². The standard InChI is InChI=1S/C20H20F3N5/c1-13-11-18(25-15-7-9-17(10-8-15)28(2)3)27-19(24-13)26-16-6-4-5-14(12-16)20(21,22)23/h4-12H,1-3H3,(H2,24,25,26,27). The van der Waals surface area contributed by atoms with Gasteiger partial charge in [-0.1, -0.05) is 6.07 Å². The predicted molar refractivity (Wildman–Crippen MR) is 106 cm³/mol. The molecule has 0 aliphatic rings. The number of hydrogen-bond acceptors (Lipinski definition) is 5. The summed E-state index contributed by atoms with van der Waals surface area (Å²) in [5, 5.41) is 6.02. The van der Waals surface area contributed by atoms with Crippen molar-refractivity contribution in [3.63, 3.8) is 0 Å². The van der Waals surface area contributed by atoms with Crippen LogP contribution in [0.1, 0.15) is 11.3 Å². The van der Waals surface area contributed by atoms with Crippen molar-refractivity contribution < 1.29 is 13.2 Å². The topological polar surface area (TPSA) is 53.1 Å². The third kappa shape index (κ3) is 4.91. The second-order valence-electron chi connectivity index (χ2n) is 6.49. The van der Waals surface area contributed by atoms with Crippen LogP contribution in [-0.2, 0) is 6.18 Å². The van der Waals surface area contributed by atoms with Gasteiger partial charge in [0.15, 0.2) is 0 Å². The van der Waals surface area contributed by atoms with E-state index in [-0.39, 0.29) is 11.6 Å². The van der Waals surface area contributed by atoms with Crippen LogP contribution in [0.2, 0.25) is 0 Å². The van der Waals surface area contributed by atoms with E-state index in [1.807, 2.05) is 43.3 Å². The molecule has 0 unspecified atom stereocenters. The quantitative estimate of drug-likeness (QED) is 0.618. The maximum absolute atomic E-state index is 12.9. The molecule has 0 aliphatic heterocycles. The van der Waals surface area contributed by atoms with E-state index in [0.29, 0.717) is 11.5 Å². The third-order valence-electron chi connectivity index (χ3n) is 3.96. The fourth-order valence-electron chi connectivity index (χ4n) is 2.58. The van der Waals surface area contributed by atoms with Crippen LogP contribution >= 0.6 is 0 Å². The summed E-state index contributed by atoms with van der Waals surface area (Å²) in [7, 11) is 3.92. The van der Waals surface area contributed by atoms with Gasteiger partial charge in [-0.2, -0.15) is 18.2 Å². The Labute approximate surface area is 161 Å². The van der Waals surface area contributed by atoms with Crippen LogP contribution in [-0.4, -0.2) is 24.1 Å². The Morgan fingerprint density at radius 3 is 2.21 bits per heavy atom. The zero-order valence-electron chi connectivity index (χ0n) is 15.7. The van der Waals surface area contributed by atoms with Crippen LogP contribution in [0, 0.1) is 6.92 Å². The van der Waals surface area contributed by atoms with Crippen LogP contribution in [0.25, 0.3) is 0 Å². The third-order valence-corrected chi connectivity index (χ3v) is 3.96. The minimum absolute atomic E-state index is 0.215. The van der Waals surface area contributed by atoms with Crippen LogP contribution in [0.5, 0.6) is 0 Å². The Bertz CT molecular complexity index is 953. The van der Waals surface area contributed by atoms with E-state index in [1.54, 1.807) is 13.0 Å². The summed E-state index contributed by atoms with van der Waals surface area (Å²) < 4.78 is 38.7. The molecule has 8 heteroatoms. The fourth-order valence-corrected chi connectivity index (χ4v) is 2.58. The Morgan fingerprint density at radius 2 is 1.57 bits per heavy atom. The lowest BCUT2D eigenvalue weighted by atomic mass is 10.2. The fraction of sp³-hybridized carbons (Fsp3) is 0.200. The van der Waals surface area contributed by atoms with Crippen molar-refractivity contribution in [2.75, 3.05) is 29.6 Å². The number of nitrogens with zero attached hydrogens (tertiary/aromatic N) is 3. The number of aromatic nitrogens is 2. The van der Waals surface area contributed by atoms with Gasteiger partial charge in [-0.15, -0.1) is 0 Å². The minimum Gasteiger partial charge on any atom is -0.378 e. The molecular formula is C20H20F3N5. The molecule has 3 rings (SSSR count). The summed E-state index contributed by atoms with van der Waals surface area (Å²) in [4.78, 5) is 10.6. The molecule has 5 nitrogen and oxygen atoms in total. The largest absolute Gasteiger partial charge is 0.416 e. The number of hydrogen-bond donors (Lipinski definition) is 2. The molecular weight excluding hydrogens is 367 g/mol. The highest BCUT2D eigenvalue weighted by Gasteiger charge is 2.30. The van der Waals surface area contributed by atoms with Gasteiger partial charge < -0.3 is 15.5 Å². The summed E-state index contributed by atoms with van der Waals surface area (Å²) in [6.07, 6.45) is -4.41. The van der Waals surface area contributed by atoms with Gasteiger partial charge in [0.05, 0.1) is 5.56 Å². The summed E-state index contributed by atoms with van der Waals surface area (Å²) >= 11 is 0. The summed E-state index contributed by atoms with van der Waals surface area (Å²) in [5.41, 5.74) is 2.12. The molecule has 0 aliphatic carbocycles. The monoisotopic (exact) mass is 387 g/mol. The van der Waals surface area contributed by atoms with E-state index in [2.05, 4.69) is 20.6 Å². The molecule has 1 aromatic heterocycles. The molecule has 28 heavy (non-hydrogen) atoms. The Hall–Kier alpha value is -3.29. The lowest BCUT2D eigenvalue weighted by molar-refractivity contribution is -0.137. The van der Waals surface area contributed by atoms with E-state index in [0.717, 1.165) is 23.5 Å². The lowest BCUT2D eigenvalue weighted by Gasteiger charge is -2.14. The van der Waals surface area contributed by atoms with Crippen LogP contribution in [0.3, 0.4) is 0 Å². The first kappa shape index (κ1) is 19.5.